The highest BCUT2D eigenvalue weighted by atomic mass is 32.1. The first-order chi connectivity index (χ1) is 8.07. The minimum atomic E-state index is 0.462. The van der Waals surface area contributed by atoms with Gasteiger partial charge in [0.2, 0.25) is 0 Å². The molecule has 3 rings (SSSR count). The summed E-state index contributed by atoms with van der Waals surface area (Å²) in [7, 11) is 0. The largest absolute Gasteiger partial charge is 0.277 e. The molecule has 0 aromatic carbocycles. The summed E-state index contributed by atoms with van der Waals surface area (Å²) < 4.78 is 0. The number of aryl methyl sites for hydroxylation is 1. The van der Waals surface area contributed by atoms with Crippen LogP contribution in [0.5, 0.6) is 0 Å². The SMILES string of the molecule is Cc1sc(-c2ccn[nH]2)c2c1CC(C)(C)CC2. The second-order valence-corrected chi connectivity index (χ2v) is 6.98. The lowest BCUT2D eigenvalue weighted by molar-refractivity contribution is 0.316. The normalized spacial score (nSPS) is 18.1. The summed E-state index contributed by atoms with van der Waals surface area (Å²) in [4.78, 5) is 2.89. The van der Waals surface area contributed by atoms with Crippen molar-refractivity contribution in [2.24, 2.45) is 5.41 Å². The first kappa shape index (κ1) is 11.0. The van der Waals surface area contributed by atoms with Crippen molar-refractivity contribution in [2.45, 2.75) is 40.0 Å². The molecule has 3 heteroatoms. The minimum absolute atomic E-state index is 0.462. The van der Waals surface area contributed by atoms with Crippen LogP contribution in [0.3, 0.4) is 0 Å². The smallest absolute Gasteiger partial charge is 0.0752 e. The average Bonchev–Trinajstić information content (AvgIpc) is 2.86. The number of nitrogens with zero attached hydrogens (tertiary/aromatic N) is 1. The molecule has 0 aliphatic heterocycles. The van der Waals surface area contributed by atoms with Gasteiger partial charge in [0.05, 0.1) is 10.6 Å². The van der Waals surface area contributed by atoms with Gasteiger partial charge >= 0.3 is 0 Å². The number of aromatic amines is 1. The molecule has 2 nitrogen and oxygen atoms in total. The Morgan fingerprint density at radius 2 is 2.18 bits per heavy atom. The first-order valence-corrected chi connectivity index (χ1v) is 6.99. The van der Waals surface area contributed by atoms with E-state index >= 15 is 0 Å². The first-order valence-electron chi connectivity index (χ1n) is 6.18. The maximum Gasteiger partial charge on any atom is 0.0752 e. The van der Waals surface area contributed by atoms with Gasteiger partial charge in [0.1, 0.15) is 0 Å². The standard InChI is InChI=1S/C14H18N2S/c1-9-11-8-14(2,3)6-4-10(11)13(17-9)12-5-7-15-16-12/h5,7H,4,6,8H2,1-3H3,(H,15,16). The maximum absolute atomic E-state index is 4.07. The lowest BCUT2D eigenvalue weighted by Gasteiger charge is -2.30. The Kier molecular flexibility index (Phi) is 2.40. The predicted molar refractivity (Wildman–Crippen MR) is 72.4 cm³/mol. The van der Waals surface area contributed by atoms with Crippen LogP contribution in [0.1, 0.15) is 36.3 Å². The lowest BCUT2D eigenvalue weighted by Crippen LogP contribution is -2.21. The van der Waals surface area contributed by atoms with E-state index in [-0.39, 0.29) is 0 Å². The Hall–Kier alpha value is -1.09. The van der Waals surface area contributed by atoms with Crippen molar-refractivity contribution in [1.29, 1.82) is 0 Å². The van der Waals surface area contributed by atoms with Crippen LogP contribution in [0.2, 0.25) is 0 Å². The second-order valence-electron chi connectivity index (χ2n) is 5.76. The second kappa shape index (κ2) is 3.70. The Morgan fingerprint density at radius 3 is 2.88 bits per heavy atom. The quantitative estimate of drug-likeness (QED) is 0.810. The van der Waals surface area contributed by atoms with E-state index in [1.807, 2.05) is 17.5 Å². The summed E-state index contributed by atoms with van der Waals surface area (Å²) in [6.07, 6.45) is 5.56. The maximum atomic E-state index is 4.07. The van der Waals surface area contributed by atoms with Gasteiger partial charge in [-0.2, -0.15) is 5.10 Å². The zero-order valence-electron chi connectivity index (χ0n) is 10.6. The Labute approximate surface area is 106 Å². The highest BCUT2D eigenvalue weighted by Crippen LogP contribution is 2.44. The number of thiophene rings is 1. The van der Waals surface area contributed by atoms with E-state index in [2.05, 4.69) is 37.0 Å². The third-order valence-electron chi connectivity index (χ3n) is 3.77. The molecule has 0 saturated carbocycles. The van der Waals surface area contributed by atoms with Crippen molar-refractivity contribution in [2.75, 3.05) is 0 Å². The molecule has 0 fully saturated rings. The van der Waals surface area contributed by atoms with Gasteiger partial charge in [-0.1, -0.05) is 13.8 Å². The summed E-state index contributed by atoms with van der Waals surface area (Å²) in [5.74, 6) is 0. The van der Waals surface area contributed by atoms with Crippen LogP contribution in [0.4, 0.5) is 0 Å². The monoisotopic (exact) mass is 246 g/mol. The summed E-state index contributed by atoms with van der Waals surface area (Å²) >= 11 is 1.92. The van der Waals surface area contributed by atoms with E-state index < -0.39 is 0 Å². The van der Waals surface area contributed by atoms with Gasteiger partial charge in [-0.05, 0) is 48.8 Å². The summed E-state index contributed by atoms with van der Waals surface area (Å²) in [5.41, 5.74) is 4.80. The van der Waals surface area contributed by atoms with E-state index in [0.717, 1.165) is 0 Å². The molecule has 1 aliphatic carbocycles. The molecule has 0 unspecified atom stereocenters. The van der Waals surface area contributed by atoms with Crippen molar-refractivity contribution in [3.05, 3.63) is 28.3 Å². The van der Waals surface area contributed by atoms with Gasteiger partial charge in [-0.15, -0.1) is 11.3 Å². The highest BCUT2D eigenvalue weighted by molar-refractivity contribution is 7.15. The Morgan fingerprint density at radius 1 is 1.35 bits per heavy atom. The van der Waals surface area contributed by atoms with Crippen molar-refractivity contribution in [1.82, 2.24) is 10.2 Å². The van der Waals surface area contributed by atoms with Crippen molar-refractivity contribution in [3.8, 4) is 10.6 Å². The fourth-order valence-corrected chi connectivity index (χ4v) is 3.95. The fraction of sp³-hybridized carbons (Fsp3) is 0.500. The lowest BCUT2D eigenvalue weighted by atomic mass is 9.74. The highest BCUT2D eigenvalue weighted by Gasteiger charge is 2.29. The van der Waals surface area contributed by atoms with Gasteiger partial charge in [0.15, 0.2) is 0 Å². The molecular weight excluding hydrogens is 228 g/mol. The van der Waals surface area contributed by atoms with Crippen LogP contribution < -0.4 is 0 Å². The van der Waals surface area contributed by atoms with Gasteiger partial charge in [0.25, 0.3) is 0 Å². The van der Waals surface area contributed by atoms with Gasteiger partial charge in [0, 0.05) is 11.1 Å². The van der Waals surface area contributed by atoms with Crippen molar-refractivity contribution < 1.29 is 0 Å². The molecule has 90 valence electrons. The van der Waals surface area contributed by atoms with Crippen LogP contribution in [0.25, 0.3) is 10.6 Å². The van der Waals surface area contributed by atoms with E-state index in [1.54, 1.807) is 11.1 Å². The number of nitrogens with one attached hydrogen (secondary N) is 1. The average molecular weight is 246 g/mol. The molecule has 0 amide bonds. The number of fused-ring (bicyclic) bond motifs is 1. The van der Waals surface area contributed by atoms with Crippen molar-refractivity contribution in [3.63, 3.8) is 0 Å². The molecular formula is C14H18N2S. The van der Waals surface area contributed by atoms with Gasteiger partial charge in [-0.3, -0.25) is 5.10 Å². The molecule has 17 heavy (non-hydrogen) atoms. The fourth-order valence-electron chi connectivity index (χ4n) is 2.75. The molecule has 0 atom stereocenters. The molecule has 2 aromatic heterocycles. The number of H-pyrrole nitrogens is 1. The Balaban J connectivity index is 2.11. The zero-order chi connectivity index (χ0) is 12.0. The molecule has 1 aliphatic rings. The number of hydrogen-bond acceptors (Lipinski definition) is 2. The van der Waals surface area contributed by atoms with E-state index in [9.17, 15) is 0 Å². The van der Waals surface area contributed by atoms with Crippen molar-refractivity contribution >= 4 is 11.3 Å². The number of aromatic nitrogens is 2. The van der Waals surface area contributed by atoms with Crippen LogP contribution in [0.15, 0.2) is 12.3 Å². The molecule has 0 bridgehead atoms. The summed E-state index contributed by atoms with van der Waals surface area (Å²) in [5, 5.41) is 7.17. The Bertz CT molecular complexity index is 535. The molecule has 1 N–H and O–H groups in total. The minimum Gasteiger partial charge on any atom is -0.277 e. The summed E-state index contributed by atoms with van der Waals surface area (Å²) in [6, 6.07) is 2.07. The predicted octanol–water partition coefficient (Wildman–Crippen LogP) is 3.96. The zero-order valence-corrected chi connectivity index (χ0v) is 11.4. The molecule has 2 heterocycles. The van der Waals surface area contributed by atoms with Gasteiger partial charge < -0.3 is 0 Å². The summed E-state index contributed by atoms with van der Waals surface area (Å²) in [6.45, 7) is 7.01. The van der Waals surface area contributed by atoms with E-state index in [0.29, 0.717) is 5.41 Å². The molecule has 2 aromatic rings. The number of hydrogen-bond donors (Lipinski definition) is 1. The van der Waals surface area contributed by atoms with Crippen LogP contribution in [0, 0.1) is 12.3 Å². The number of rotatable bonds is 1. The van der Waals surface area contributed by atoms with Gasteiger partial charge in [-0.25, -0.2) is 0 Å². The van der Waals surface area contributed by atoms with E-state index in [4.69, 9.17) is 0 Å². The van der Waals surface area contributed by atoms with Crippen LogP contribution in [-0.2, 0) is 12.8 Å². The van der Waals surface area contributed by atoms with Crippen LogP contribution >= 0.6 is 11.3 Å². The van der Waals surface area contributed by atoms with Crippen LogP contribution in [-0.4, -0.2) is 10.2 Å². The van der Waals surface area contributed by atoms with E-state index in [1.165, 1.54) is 34.7 Å². The third kappa shape index (κ3) is 1.82. The topological polar surface area (TPSA) is 28.7 Å². The molecule has 0 spiro atoms. The molecule has 0 radical (unpaired) electrons. The third-order valence-corrected chi connectivity index (χ3v) is 4.99. The molecule has 0 saturated heterocycles.